The molecule has 1 aliphatic heterocycles. The number of aryl methyl sites for hydroxylation is 1. The summed E-state index contributed by atoms with van der Waals surface area (Å²) in [5.74, 6) is -0.134. The molecule has 0 saturated heterocycles. The van der Waals surface area contributed by atoms with Crippen LogP contribution >= 0.6 is 27.7 Å². The zero-order valence-corrected chi connectivity index (χ0v) is 15.4. The fourth-order valence-corrected chi connectivity index (χ4v) is 4.67. The molecule has 0 fully saturated rings. The minimum absolute atomic E-state index is 0.134. The van der Waals surface area contributed by atoms with Crippen LogP contribution in [-0.2, 0) is 7.05 Å². The lowest BCUT2D eigenvalue weighted by Crippen LogP contribution is -2.14. The fourth-order valence-electron chi connectivity index (χ4n) is 3.36. The predicted octanol–water partition coefficient (Wildman–Crippen LogP) is 4.87. The maximum Gasteiger partial charge on any atom is 0.0984 e. The topological polar surface area (TPSA) is 54.7 Å². The third kappa shape index (κ3) is 2.18. The van der Waals surface area contributed by atoms with Gasteiger partial charge in [0.25, 0.3) is 0 Å². The number of nitrogens with two attached hydrogens (primary N) is 1. The summed E-state index contributed by atoms with van der Waals surface area (Å²) < 4.78 is 3.19. The molecule has 2 heterocycles. The summed E-state index contributed by atoms with van der Waals surface area (Å²) in [6, 6.07) is 18.8. The third-order valence-corrected chi connectivity index (χ3v) is 6.12. The lowest BCUT2D eigenvalue weighted by atomic mass is 9.85. The zero-order chi connectivity index (χ0) is 16.8. The lowest BCUT2D eigenvalue weighted by molar-refractivity contribution is 0.813. The van der Waals surface area contributed by atoms with E-state index >= 15 is 0 Å². The predicted molar refractivity (Wildman–Crippen MR) is 102 cm³/mol. The molecule has 1 aliphatic rings. The summed E-state index contributed by atoms with van der Waals surface area (Å²) in [4.78, 5) is 0. The van der Waals surface area contributed by atoms with Crippen LogP contribution in [-0.4, -0.2) is 4.57 Å². The van der Waals surface area contributed by atoms with Crippen LogP contribution in [0.3, 0.4) is 0 Å². The maximum atomic E-state index is 9.73. The lowest BCUT2D eigenvalue weighted by Gasteiger charge is -2.24. The number of para-hydroxylation sites is 1. The molecule has 0 aliphatic carbocycles. The minimum atomic E-state index is -0.134. The molecule has 2 aromatic carbocycles. The smallest absolute Gasteiger partial charge is 0.0984 e. The molecular formula is C19H14BrN3S. The number of nitriles is 1. The Morgan fingerprint density at radius 1 is 1.17 bits per heavy atom. The number of thioether (sulfide) groups is 1. The molecule has 5 heteroatoms. The van der Waals surface area contributed by atoms with Crippen molar-refractivity contribution in [3.63, 3.8) is 0 Å². The van der Waals surface area contributed by atoms with E-state index in [1.165, 1.54) is 22.7 Å². The van der Waals surface area contributed by atoms with E-state index in [1.54, 1.807) is 0 Å². The van der Waals surface area contributed by atoms with Gasteiger partial charge in [-0.3, -0.25) is 0 Å². The number of hydrogen-bond donors (Lipinski definition) is 1. The van der Waals surface area contributed by atoms with Crippen LogP contribution in [0.2, 0.25) is 0 Å². The van der Waals surface area contributed by atoms with E-state index in [0.29, 0.717) is 10.6 Å². The van der Waals surface area contributed by atoms with E-state index < -0.39 is 0 Å². The average molecular weight is 396 g/mol. The Morgan fingerprint density at radius 2 is 1.88 bits per heavy atom. The first-order valence-corrected chi connectivity index (χ1v) is 9.13. The Kier molecular flexibility index (Phi) is 3.67. The fraction of sp³-hybridized carbons (Fsp3) is 0.105. The molecule has 0 amide bonds. The first-order chi connectivity index (χ1) is 11.6. The monoisotopic (exact) mass is 395 g/mol. The Bertz CT molecular complexity index is 1030. The van der Waals surface area contributed by atoms with Gasteiger partial charge in [-0.25, -0.2) is 0 Å². The first kappa shape index (κ1) is 15.4. The highest BCUT2D eigenvalue weighted by molar-refractivity contribution is 9.10. The van der Waals surface area contributed by atoms with Gasteiger partial charge in [0.2, 0.25) is 0 Å². The first-order valence-electron chi connectivity index (χ1n) is 7.52. The average Bonchev–Trinajstić information content (AvgIpc) is 2.87. The molecule has 0 radical (unpaired) electrons. The molecule has 2 N–H and O–H groups in total. The van der Waals surface area contributed by atoms with Crippen molar-refractivity contribution in [3.8, 4) is 6.07 Å². The van der Waals surface area contributed by atoms with E-state index in [9.17, 15) is 5.26 Å². The molecule has 0 bridgehead atoms. The molecule has 0 spiro atoms. The van der Waals surface area contributed by atoms with E-state index in [-0.39, 0.29) is 5.92 Å². The van der Waals surface area contributed by atoms with Crippen molar-refractivity contribution in [2.24, 2.45) is 12.8 Å². The minimum Gasteiger partial charge on any atom is -0.392 e. The highest BCUT2D eigenvalue weighted by Crippen LogP contribution is 2.49. The third-order valence-electron chi connectivity index (χ3n) is 4.46. The van der Waals surface area contributed by atoms with Crippen molar-refractivity contribution in [1.29, 1.82) is 5.26 Å². The molecule has 4 rings (SSSR count). The number of aromatic nitrogens is 1. The Morgan fingerprint density at radius 3 is 2.58 bits per heavy atom. The number of allylic oxidation sites excluding steroid dienone is 1. The van der Waals surface area contributed by atoms with Gasteiger partial charge < -0.3 is 10.3 Å². The van der Waals surface area contributed by atoms with Gasteiger partial charge in [-0.05, 0) is 23.8 Å². The van der Waals surface area contributed by atoms with Gasteiger partial charge in [0.05, 0.1) is 21.7 Å². The Labute approximate surface area is 152 Å². The van der Waals surface area contributed by atoms with Crippen LogP contribution in [0, 0.1) is 11.3 Å². The van der Waals surface area contributed by atoms with Crippen LogP contribution < -0.4 is 5.73 Å². The van der Waals surface area contributed by atoms with Gasteiger partial charge in [-0.2, -0.15) is 5.26 Å². The van der Waals surface area contributed by atoms with Crippen molar-refractivity contribution in [1.82, 2.24) is 4.57 Å². The zero-order valence-electron chi connectivity index (χ0n) is 13.0. The van der Waals surface area contributed by atoms with Gasteiger partial charge in [0.1, 0.15) is 0 Å². The summed E-state index contributed by atoms with van der Waals surface area (Å²) >= 11 is 4.97. The summed E-state index contributed by atoms with van der Waals surface area (Å²) in [5, 5.41) is 12.6. The number of hydrogen-bond acceptors (Lipinski definition) is 3. The summed E-state index contributed by atoms with van der Waals surface area (Å²) in [6.07, 6.45) is 0. The van der Waals surface area contributed by atoms with E-state index in [0.717, 1.165) is 20.6 Å². The van der Waals surface area contributed by atoms with Crippen LogP contribution in [0.15, 0.2) is 68.6 Å². The summed E-state index contributed by atoms with van der Waals surface area (Å²) in [7, 11) is 2.05. The maximum absolute atomic E-state index is 9.73. The van der Waals surface area contributed by atoms with Gasteiger partial charge >= 0.3 is 0 Å². The highest BCUT2D eigenvalue weighted by atomic mass is 79.9. The van der Waals surface area contributed by atoms with Crippen molar-refractivity contribution < 1.29 is 0 Å². The molecule has 24 heavy (non-hydrogen) atoms. The number of nitrogens with zero attached hydrogens (tertiary/aromatic N) is 2. The van der Waals surface area contributed by atoms with Gasteiger partial charge in [0.15, 0.2) is 0 Å². The SMILES string of the molecule is Cn1c2c(c3ccccc31)C(c1ccc(Br)cc1)C(C#N)=C(N)S2. The van der Waals surface area contributed by atoms with Crippen molar-refractivity contribution >= 4 is 38.6 Å². The van der Waals surface area contributed by atoms with Crippen molar-refractivity contribution in [3.05, 3.63) is 74.7 Å². The molecule has 3 aromatic rings. The Balaban J connectivity index is 2.06. The van der Waals surface area contributed by atoms with Gasteiger partial charge in [0, 0.05) is 33.9 Å². The van der Waals surface area contributed by atoms with Gasteiger partial charge in [-0.15, -0.1) is 0 Å². The number of halogens is 1. The second-order valence-electron chi connectivity index (χ2n) is 5.77. The summed E-state index contributed by atoms with van der Waals surface area (Å²) in [6.45, 7) is 0. The van der Waals surface area contributed by atoms with E-state index in [2.05, 4.69) is 57.9 Å². The van der Waals surface area contributed by atoms with E-state index in [1.807, 2.05) is 24.3 Å². The molecule has 1 aromatic heterocycles. The van der Waals surface area contributed by atoms with Crippen LogP contribution in [0.1, 0.15) is 17.0 Å². The largest absolute Gasteiger partial charge is 0.392 e. The quantitative estimate of drug-likeness (QED) is 0.638. The molecule has 3 nitrogen and oxygen atoms in total. The number of fused-ring (bicyclic) bond motifs is 3. The van der Waals surface area contributed by atoms with Crippen molar-refractivity contribution in [2.45, 2.75) is 10.9 Å². The van der Waals surface area contributed by atoms with Gasteiger partial charge in [-0.1, -0.05) is 58.0 Å². The van der Waals surface area contributed by atoms with Crippen molar-refractivity contribution in [2.75, 3.05) is 0 Å². The van der Waals surface area contributed by atoms with E-state index in [4.69, 9.17) is 5.73 Å². The molecule has 118 valence electrons. The molecule has 0 saturated carbocycles. The number of benzene rings is 2. The molecule has 1 unspecified atom stereocenters. The highest BCUT2D eigenvalue weighted by Gasteiger charge is 2.33. The van der Waals surface area contributed by atoms with Crippen LogP contribution in [0.25, 0.3) is 10.9 Å². The second kappa shape index (κ2) is 5.73. The standard InChI is InChI=1S/C19H14BrN3S/c1-23-15-5-3-2-4-13(15)17-16(11-6-8-12(20)9-7-11)14(10-21)18(22)24-19(17)23/h2-9,16H,22H2,1H3. The Hall–Kier alpha value is -2.16. The van der Waals surface area contributed by atoms with Crippen LogP contribution in [0.4, 0.5) is 0 Å². The summed E-state index contributed by atoms with van der Waals surface area (Å²) in [5.41, 5.74) is 10.3. The number of rotatable bonds is 1. The molecule has 1 atom stereocenters. The second-order valence-corrected chi connectivity index (χ2v) is 7.72. The normalized spacial score (nSPS) is 17.0. The molecular weight excluding hydrogens is 382 g/mol. The van der Waals surface area contributed by atoms with Crippen LogP contribution in [0.5, 0.6) is 0 Å².